The maximum atomic E-state index is 12.6. The molecule has 1 aliphatic carbocycles. The summed E-state index contributed by atoms with van der Waals surface area (Å²) in [6, 6.07) is 17.7. The Morgan fingerprint density at radius 1 is 0.976 bits per heavy atom. The van der Waals surface area contributed by atoms with Crippen LogP contribution in [-0.4, -0.2) is 54.3 Å². The van der Waals surface area contributed by atoms with Gasteiger partial charge in [0.15, 0.2) is 0 Å². The van der Waals surface area contributed by atoms with Crippen molar-refractivity contribution in [2.24, 2.45) is 0 Å². The number of unbranched alkanes of at least 4 members (excludes halogenated alkanes) is 8. The van der Waals surface area contributed by atoms with E-state index in [1.54, 1.807) is 0 Å². The highest BCUT2D eigenvalue weighted by Gasteiger charge is 2.49. The zero-order valence-corrected chi connectivity index (χ0v) is 28.8. The zero-order chi connectivity index (χ0) is 28.6. The van der Waals surface area contributed by atoms with Crippen LogP contribution in [0, 0.1) is 0 Å². The molecular formula is C35H52ClIN2O2. The van der Waals surface area contributed by atoms with Crippen LogP contribution in [-0.2, 0) is 9.53 Å². The van der Waals surface area contributed by atoms with Crippen molar-refractivity contribution < 1.29 is 38.0 Å². The molecule has 1 aliphatic heterocycles. The molecule has 1 fully saturated rings. The molecule has 4 rings (SSSR count). The van der Waals surface area contributed by atoms with E-state index in [2.05, 4.69) is 75.2 Å². The fourth-order valence-corrected chi connectivity index (χ4v) is 6.93. The van der Waals surface area contributed by atoms with Gasteiger partial charge in [0.1, 0.15) is 5.54 Å². The summed E-state index contributed by atoms with van der Waals surface area (Å²) < 4.78 is 6.65. The Labute approximate surface area is 271 Å². The van der Waals surface area contributed by atoms with E-state index in [0.717, 1.165) is 48.4 Å². The highest BCUT2D eigenvalue weighted by molar-refractivity contribution is 6.30. The lowest BCUT2D eigenvalue weighted by Crippen LogP contribution is -3.00. The van der Waals surface area contributed by atoms with Crippen molar-refractivity contribution in [3.05, 3.63) is 70.2 Å². The quantitative estimate of drug-likeness (QED) is 0.107. The molecule has 0 aromatic heterocycles. The zero-order valence-electron chi connectivity index (χ0n) is 25.8. The molecule has 0 amide bonds. The van der Waals surface area contributed by atoms with Crippen LogP contribution in [0.5, 0.6) is 0 Å². The van der Waals surface area contributed by atoms with Gasteiger partial charge in [0, 0.05) is 29.9 Å². The minimum Gasteiger partial charge on any atom is -1.00 e. The predicted octanol–water partition coefficient (Wildman–Crippen LogP) is 5.88. The minimum atomic E-state index is -0.0418. The van der Waals surface area contributed by atoms with Crippen molar-refractivity contribution in [2.45, 2.75) is 109 Å². The first-order valence-corrected chi connectivity index (χ1v) is 16.2. The van der Waals surface area contributed by atoms with Gasteiger partial charge in [-0.2, -0.15) is 0 Å². The highest BCUT2D eigenvalue weighted by atomic mass is 127. The van der Waals surface area contributed by atoms with Crippen LogP contribution in [0.3, 0.4) is 0 Å². The van der Waals surface area contributed by atoms with E-state index in [9.17, 15) is 4.79 Å². The Morgan fingerprint density at radius 3 is 2.29 bits per heavy atom. The summed E-state index contributed by atoms with van der Waals surface area (Å²) in [4.78, 5) is 15.3. The van der Waals surface area contributed by atoms with E-state index in [0.29, 0.717) is 25.1 Å². The number of carbonyl (C=O) groups is 1. The van der Waals surface area contributed by atoms with Crippen LogP contribution < -0.4 is 24.0 Å². The highest BCUT2D eigenvalue weighted by Crippen LogP contribution is 2.48. The third-order valence-electron chi connectivity index (χ3n) is 9.81. The molecule has 0 saturated carbocycles. The van der Waals surface area contributed by atoms with Crippen LogP contribution in [0.4, 0.5) is 0 Å². The Bertz CT molecular complexity index is 1090. The molecule has 1 saturated heterocycles. The van der Waals surface area contributed by atoms with Crippen LogP contribution in [0.2, 0.25) is 5.02 Å². The predicted molar refractivity (Wildman–Crippen MR) is 167 cm³/mol. The molecule has 41 heavy (non-hydrogen) atoms. The van der Waals surface area contributed by atoms with Gasteiger partial charge in [0.05, 0.1) is 20.1 Å². The number of hydrogen-bond donors (Lipinski definition) is 0. The van der Waals surface area contributed by atoms with Crippen molar-refractivity contribution in [1.29, 1.82) is 0 Å². The molecule has 2 aliphatic rings. The molecule has 6 heteroatoms. The molecule has 2 aromatic carbocycles. The van der Waals surface area contributed by atoms with Crippen molar-refractivity contribution in [3.8, 4) is 0 Å². The van der Waals surface area contributed by atoms with Gasteiger partial charge in [-0.15, -0.1) is 0 Å². The Balaban J connectivity index is 0.00000462. The summed E-state index contributed by atoms with van der Waals surface area (Å²) >= 11 is 6.51. The number of hydrogen-bond acceptors (Lipinski definition) is 3. The Kier molecular flexibility index (Phi) is 13.5. The van der Waals surface area contributed by atoms with E-state index in [1.165, 1.54) is 61.6 Å². The number of ether oxygens (including phenoxy) is 1. The van der Waals surface area contributed by atoms with Crippen LogP contribution in [0.1, 0.15) is 120 Å². The third kappa shape index (κ3) is 8.93. The van der Waals surface area contributed by atoms with Gasteiger partial charge in [-0.25, -0.2) is 0 Å². The monoisotopic (exact) mass is 694 g/mol. The summed E-state index contributed by atoms with van der Waals surface area (Å²) in [6.45, 7) is 10.3. The molecule has 1 heterocycles. The fraction of sp³-hybridized carbons (Fsp3) is 0.629. The van der Waals surface area contributed by atoms with Crippen LogP contribution >= 0.6 is 11.6 Å². The lowest BCUT2D eigenvalue weighted by atomic mass is 9.92. The van der Waals surface area contributed by atoms with Crippen LogP contribution in [0.25, 0.3) is 0 Å². The van der Waals surface area contributed by atoms with E-state index in [4.69, 9.17) is 16.3 Å². The van der Waals surface area contributed by atoms with Gasteiger partial charge in [-0.1, -0.05) is 106 Å². The van der Waals surface area contributed by atoms with Crippen molar-refractivity contribution in [1.82, 2.24) is 4.90 Å². The van der Waals surface area contributed by atoms with Crippen molar-refractivity contribution in [2.75, 3.05) is 33.4 Å². The first-order valence-electron chi connectivity index (χ1n) is 15.8. The molecule has 228 valence electrons. The van der Waals surface area contributed by atoms with E-state index in [-0.39, 0.29) is 35.5 Å². The molecule has 0 radical (unpaired) electrons. The van der Waals surface area contributed by atoms with Gasteiger partial charge >= 0.3 is 5.97 Å². The second-order valence-corrected chi connectivity index (χ2v) is 13.6. The largest absolute Gasteiger partial charge is 1.00 e. The molecule has 3 atom stereocenters. The maximum Gasteiger partial charge on any atom is 0.310 e. The third-order valence-corrected chi connectivity index (χ3v) is 10.0. The second kappa shape index (κ2) is 16.1. The normalized spacial score (nSPS) is 23.5. The molecule has 0 unspecified atom stereocenters. The summed E-state index contributed by atoms with van der Waals surface area (Å²) in [6.07, 6.45) is 12.9. The number of quaternary nitrogens is 1. The standard InChI is InChI=1S/C35H52ClN2O2.HI/c1-5-6-7-8-9-10-11-12-16-19-34(39)40-27-38(4)23-22-37(26-35(38,2)3)33-25-31(28-17-14-13-15-18-28)30-21-20-29(36)24-32(30)33;/h13-15,17-18,20-21,24,31,33H,5-12,16,19,22-23,25-27H2,1-4H3;1H/q+1;/p-1/t31-,33+,38-;/m0./s1. The Morgan fingerprint density at radius 2 is 1.63 bits per heavy atom. The van der Waals surface area contributed by atoms with Gasteiger partial charge in [0.25, 0.3) is 0 Å². The summed E-state index contributed by atoms with van der Waals surface area (Å²) in [5, 5.41) is 0.813. The average Bonchev–Trinajstić information content (AvgIpc) is 3.31. The lowest BCUT2D eigenvalue weighted by molar-refractivity contribution is -0.974. The van der Waals surface area contributed by atoms with E-state index >= 15 is 0 Å². The lowest BCUT2D eigenvalue weighted by Gasteiger charge is -2.53. The SMILES string of the molecule is CCCCCCCCCCCC(=O)OC[N@+]1(C)CCN([C@@H]2C[C@@H](c3ccccc3)c3ccc(Cl)cc32)CC1(C)C.[I-]. The number of carbonyl (C=O) groups excluding carboxylic acids is 1. The molecular weight excluding hydrogens is 643 g/mol. The van der Waals surface area contributed by atoms with Crippen LogP contribution in [0.15, 0.2) is 48.5 Å². The number of likely N-dealkylation sites (N-methyl/N-ethyl adjacent to an activating group) is 1. The first-order chi connectivity index (χ1) is 19.2. The smallest absolute Gasteiger partial charge is 0.310 e. The van der Waals surface area contributed by atoms with E-state index in [1.807, 2.05) is 6.07 Å². The Hall–Kier alpha value is -1.15. The number of piperazine rings is 1. The fourth-order valence-electron chi connectivity index (χ4n) is 6.75. The number of esters is 1. The maximum absolute atomic E-state index is 12.6. The van der Waals surface area contributed by atoms with Crippen molar-refractivity contribution >= 4 is 17.6 Å². The number of fused-ring (bicyclic) bond motifs is 1. The summed E-state index contributed by atoms with van der Waals surface area (Å²) in [5.74, 6) is 0.358. The second-order valence-electron chi connectivity index (χ2n) is 13.1. The van der Waals surface area contributed by atoms with Gasteiger partial charge < -0.3 is 28.7 Å². The molecule has 0 spiro atoms. The number of halogens is 2. The molecule has 2 aromatic rings. The summed E-state index contributed by atoms with van der Waals surface area (Å²) in [5.41, 5.74) is 4.12. The topological polar surface area (TPSA) is 29.5 Å². The molecule has 0 bridgehead atoms. The number of benzene rings is 2. The molecule has 4 nitrogen and oxygen atoms in total. The average molecular weight is 695 g/mol. The summed E-state index contributed by atoms with van der Waals surface area (Å²) in [7, 11) is 2.26. The molecule has 0 N–H and O–H groups in total. The van der Waals surface area contributed by atoms with E-state index < -0.39 is 0 Å². The minimum absolute atomic E-state index is 0. The van der Waals surface area contributed by atoms with Gasteiger partial charge in [0.2, 0.25) is 6.73 Å². The first kappa shape index (κ1) is 34.3. The number of rotatable bonds is 14. The number of nitrogens with zero attached hydrogens (tertiary/aromatic N) is 2. The van der Waals surface area contributed by atoms with Gasteiger partial charge in [-0.05, 0) is 55.5 Å². The van der Waals surface area contributed by atoms with Gasteiger partial charge in [-0.3, -0.25) is 14.2 Å². The van der Waals surface area contributed by atoms with Crippen molar-refractivity contribution in [3.63, 3.8) is 0 Å².